The van der Waals surface area contributed by atoms with Gasteiger partial charge in [-0.3, -0.25) is 0 Å². The summed E-state index contributed by atoms with van der Waals surface area (Å²) in [6.45, 7) is 4.78. The summed E-state index contributed by atoms with van der Waals surface area (Å²) in [6, 6.07) is 0. The average Bonchev–Trinajstić information content (AvgIpc) is 2.39. The first kappa shape index (κ1) is 33.8. The number of hydrogen-bond donors (Lipinski definition) is 6. The summed E-state index contributed by atoms with van der Waals surface area (Å²) in [4.78, 5) is 17.8. The van der Waals surface area contributed by atoms with Crippen LogP contribution in [0.4, 0.5) is 0 Å². The standard InChI is InChI=1S/2C4H11NO2.2C2H4O2.Zn/c2*6-3-1-5-2-4-7;2*1-2(3)4;/h2*5-7H,1-4H2;2*1H3,(H,3,4);/q;;;;+2/p-2. The minimum atomic E-state index is -1.08. The van der Waals surface area contributed by atoms with E-state index >= 15 is 0 Å². The molecule has 0 aromatic rings. The second-order valence-electron chi connectivity index (χ2n) is 3.38. The SMILES string of the molecule is CC(=O)[O-].CC(=O)[O-].OCCNCCO.OCCNCCO.[Zn+2]. The molecule has 0 radical (unpaired) electrons. The van der Waals surface area contributed by atoms with E-state index in [2.05, 4.69) is 10.6 Å². The fourth-order valence-corrected chi connectivity index (χ4v) is 0.566. The van der Waals surface area contributed by atoms with Gasteiger partial charge in [0.15, 0.2) is 0 Å². The molecule has 0 unspecified atom stereocenters. The van der Waals surface area contributed by atoms with Crippen LogP contribution in [0.25, 0.3) is 0 Å². The summed E-state index contributed by atoms with van der Waals surface area (Å²) in [5, 5.41) is 55.9. The van der Waals surface area contributed by atoms with Crippen LogP contribution in [0.15, 0.2) is 0 Å². The number of aliphatic hydroxyl groups excluding tert-OH is 4. The van der Waals surface area contributed by atoms with Gasteiger partial charge in [0.2, 0.25) is 0 Å². The smallest absolute Gasteiger partial charge is 0.550 e. The van der Waals surface area contributed by atoms with Gasteiger partial charge >= 0.3 is 19.5 Å². The van der Waals surface area contributed by atoms with Gasteiger partial charge < -0.3 is 50.9 Å². The van der Waals surface area contributed by atoms with E-state index in [1.165, 1.54) is 0 Å². The van der Waals surface area contributed by atoms with Crippen molar-refractivity contribution in [1.29, 1.82) is 0 Å². The molecule has 0 aliphatic heterocycles. The van der Waals surface area contributed by atoms with Gasteiger partial charge in [-0.15, -0.1) is 0 Å². The Balaban J connectivity index is -0.0000000639. The summed E-state index contributed by atoms with van der Waals surface area (Å²) >= 11 is 0. The van der Waals surface area contributed by atoms with Crippen molar-refractivity contribution in [2.45, 2.75) is 13.8 Å². The number of aliphatic carboxylic acids is 2. The molecule has 0 heterocycles. The molecule has 0 atom stereocenters. The minimum absolute atomic E-state index is 0. The molecule has 0 fully saturated rings. The number of rotatable bonds is 8. The van der Waals surface area contributed by atoms with Crippen molar-refractivity contribution in [3.63, 3.8) is 0 Å². The van der Waals surface area contributed by atoms with Crippen LogP contribution in [-0.4, -0.2) is 85.0 Å². The predicted octanol–water partition coefficient (Wildman–Crippen LogP) is -5.37. The number of carboxylic acids is 2. The Morgan fingerprint density at radius 2 is 0.826 bits per heavy atom. The van der Waals surface area contributed by atoms with E-state index in [1.54, 1.807) is 0 Å². The van der Waals surface area contributed by atoms with E-state index in [4.69, 9.17) is 40.2 Å². The zero-order chi connectivity index (χ0) is 18.2. The normalized spacial score (nSPS) is 7.91. The summed E-state index contributed by atoms with van der Waals surface area (Å²) in [5.41, 5.74) is 0. The molecule has 11 heteroatoms. The van der Waals surface area contributed by atoms with E-state index in [-0.39, 0.29) is 45.9 Å². The maximum absolute atomic E-state index is 8.89. The third-order valence-corrected chi connectivity index (χ3v) is 1.15. The summed E-state index contributed by atoms with van der Waals surface area (Å²) in [6.07, 6.45) is 0. The number of aliphatic hydroxyl groups is 4. The van der Waals surface area contributed by atoms with Crippen LogP contribution in [0.3, 0.4) is 0 Å². The molecule has 136 valence electrons. The first-order chi connectivity index (χ1) is 10.3. The van der Waals surface area contributed by atoms with Gasteiger partial charge in [0.1, 0.15) is 0 Å². The van der Waals surface area contributed by atoms with Crippen molar-refractivity contribution in [2.75, 3.05) is 52.6 Å². The Morgan fingerprint density at radius 3 is 0.913 bits per heavy atom. The molecule has 6 N–H and O–H groups in total. The third-order valence-electron chi connectivity index (χ3n) is 1.15. The van der Waals surface area contributed by atoms with E-state index in [9.17, 15) is 0 Å². The van der Waals surface area contributed by atoms with Gasteiger partial charge in [-0.05, 0) is 13.8 Å². The molecule has 0 spiro atoms. The average molecular weight is 394 g/mol. The molecular formula is C12H28N2O8Zn. The largest absolute Gasteiger partial charge is 2.00 e. The van der Waals surface area contributed by atoms with Crippen molar-refractivity contribution in [3.05, 3.63) is 0 Å². The minimum Gasteiger partial charge on any atom is -0.550 e. The Kier molecular flexibility index (Phi) is 55.2. The quantitative estimate of drug-likeness (QED) is 0.172. The summed E-state index contributed by atoms with van der Waals surface area (Å²) in [7, 11) is 0. The Labute approximate surface area is 149 Å². The maximum atomic E-state index is 8.89. The predicted molar refractivity (Wildman–Crippen MR) is 75.4 cm³/mol. The van der Waals surface area contributed by atoms with Crippen LogP contribution in [0.5, 0.6) is 0 Å². The Hall–Kier alpha value is -0.677. The summed E-state index contributed by atoms with van der Waals surface area (Å²) < 4.78 is 0. The fourth-order valence-electron chi connectivity index (χ4n) is 0.566. The zero-order valence-corrected chi connectivity index (χ0v) is 16.8. The van der Waals surface area contributed by atoms with Crippen LogP contribution in [0.2, 0.25) is 0 Å². The number of nitrogens with one attached hydrogen (secondary N) is 2. The van der Waals surface area contributed by atoms with Crippen molar-refractivity contribution < 1.29 is 59.7 Å². The van der Waals surface area contributed by atoms with Gasteiger partial charge in [0.05, 0.1) is 26.4 Å². The molecule has 0 rings (SSSR count). The van der Waals surface area contributed by atoms with Crippen LogP contribution in [0, 0.1) is 0 Å². The van der Waals surface area contributed by atoms with Gasteiger partial charge in [-0.25, -0.2) is 0 Å². The zero-order valence-electron chi connectivity index (χ0n) is 13.8. The number of carboxylic acid groups (broad SMARTS) is 2. The fraction of sp³-hybridized carbons (Fsp3) is 0.833. The van der Waals surface area contributed by atoms with Gasteiger partial charge in [0.25, 0.3) is 0 Å². The van der Waals surface area contributed by atoms with Crippen LogP contribution < -0.4 is 20.8 Å². The van der Waals surface area contributed by atoms with Crippen LogP contribution >= 0.6 is 0 Å². The second kappa shape index (κ2) is 37.5. The Bertz CT molecular complexity index is 185. The van der Waals surface area contributed by atoms with Gasteiger partial charge in [-0.2, -0.15) is 0 Å². The van der Waals surface area contributed by atoms with Crippen molar-refractivity contribution in [2.24, 2.45) is 0 Å². The molecule has 0 saturated heterocycles. The monoisotopic (exact) mass is 392 g/mol. The van der Waals surface area contributed by atoms with E-state index < -0.39 is 11.9 Å². The molecule has 0 amide bonds. The van der Waals surface area contributed by atoms with Crippen LogP contribution in [-0.2, 0) is 29.1 Å². The van der Waals surface area contributed by atoms with Crippen molar-refractivity contribution in [3.8, 4) is 0 Å². The topological polar surface area (TPSA) is 185 Å². The summed E-state index contributed by atoms with van der Waals surface area (Å²) in [5.74, 6) is -2.17. The number of carbonyl (C=O) groups is 2. The van der Waals surface area contributed by atoms with Gasteiger partial charge in [-0.1, -0.05) is 0 Å². The van der Waals surface area contributed by atoms with E-state index in [1.807, 2.05) is 0 Å². The molecular weight excluding hydrogens is 366 g/mol. The molecule has 0 aromatic carbocycles. The maximum Gasteiger partial charge on any atom is 2.00 e. The van der Waals surface area contributed by atoms with Gasteiger partial charge in [0, 0.05) is 38.1 Å². The number of hydrogen-bond acceptors (Lipinski definition) is 10. The first-order valence-electron chi connectivity index (χ1n) is 6.50. The molecule has 10 nitrogen and oxygen atoms in total. The molecule has 0 saturated carbocycles. The molecule has 0 aromatic heterocycles. The molecule has 0 aliphatic rings. The second-order valence-corrected chi connectivity index (χ2v) is 3.38. The Morgan fingerprint density at radius 1 is 0.696 bits per heavy atom. The molecule has 0 bridgehead atoms. The van der Waals surface area contributed by atoms with Crippen molar-refractivity contribution in [1.82, 2.24) is 10.6 Å². The third kappa shape index (κ3) is 148. The van der Waals surface area contributed by atoms with E-state index in [0.29, 0.717) is 26.2 Å². The molecule has 23 heavy (non-hydrogen) atoms. The molecule has 0 aliphatic carbocycles. The van der Waals surface area contributed by atoms with Crippen LogP contribution in [0.1, 0.15) is 13.8 Å². The van der Waals surface area contributed by atoms with Crippen molar-refractivity contribution >= 4 is 11.9 Å². The first-order valence-corrected chi connectivity index (χ1v) is 6.50. The number of carbonyl (C=O) groups excluding carboxylic acids is 2. The van der Waals surface area contributed by atoms with E-state index in [0.717, 1.165) is 13.8 Å².